The zero-order valence-electron chi connectivity index (χ0n) is 7.86. The number of hydrogen-bond donors (Lipinski definition) is 1. The maximum absolute atomic E-state index is 5.88. The molecule has 1 aliphatic carbocycles. The van der Waals surface area contributed by atoms with Crippen molar-refractivity contribution in [2.24, 2.45) is 5.73 Å². The van der Waals surface area contributed by atoms with E-state index in [1.165, 1.54) is 24.3 Å². The fraction of sp³-hybridized carbons (Fsp3) is 0.778. The summed E-state index contributed by atoms with van der Waals surface area (Å²) in [4.78, 5) is 0. The molecule has 3 nitrogen and oxygen atoms in total. The third kappa shape index (κ3) is 1.74. The first-order valence-corrected chi connectivity index (χ1v) is 5.71. The van der Waals surface area contributed by atoms with Crippen molar-refractivity contribution in [2.75, 3.05) is 0 Å². The molecular weight excluding hydrogens is 182 g/mol. The largest absolute Gasteiger partial charge is 0.322 e. The second-order valence-corrected chi connectivity index (χ2v) is 4.66. The van der Waals surface area contributed by atoms with Crippen LogP contribution in [-0.4, -0.2) is 10.2 Å². The molecule has 1 heterocycles. The highest BCUT2D eigenvalue weighted by Crippen LogP contribution is 2.38. The molecule has 1 saturated carbocycles. The van der Waals surface area contributed by atoms with Crippen molar-refractivity contribution in [2.45, 2.75) is 44.6 Å². The molecular formula is C9H15N3S. The van der Waals surface area contributed by atoms with E-state index in [9.17, 15) is 0 Å². The fourth-order valence-corrected chi connectivity index (χ4v) is 2.49. The lowest BCUT2D eigenvalue weighted by Crippen LogP contribution is -2.08. The summed E-state index contributed by atoms with van der Waals surface area (Å²) in [5.74, 6) is 0.690. The van der Waals surface area contributed by atoms with E-state index in [4.69, 9.17) is 5.73 Å². The summed E-state index contributed by atoms with van der Waals surface area (Å²) in [5, 5.41) is 10.5. The summed E-state index contributed by atoms with van der Waals surface area (Å²) in [6.07, 6.45) is 4.87. The minimum absolute atomic E-state index is 0.0892. The first kappa shape index (κ1) is 9.09. The van der Waals surface area contributed by atoms with Gasteiger partial charge in [-0.15, -0.1) is 10.2 Å². The molecule has 0 spiro atoms. The minimum atomic E-state index is 0.0892. The Morgan fingerprint density at radius 1 is 1.54 bits per heavy atom. The van der Waals surface area contributed by atoms with E-state index in [-0.39, 0.29) is 6.04 Å². The van der Waals surface area contributed by atoms with Gasteiger partial charge in [0.25, 0.3) is 0 Å². The second kappa shape index (κ2) is 3.72. The van der Waals surface area contributed by atoms with Crippen molar-refractivity contribution in [3.05, 3.63) is 10.0 Å². The van der Waals surface area contributed by atoms with Gasteiger partial charge < -0.3 is 5.73 Å². The molecule has 1 aromatic rings. The van der Waals surface area contributed by atoms with E-state index in [1.807, 2.05) is 0 Å². The van der Waals surface area contributed by atoms with Crippen LogP contribution in [0.15, 0.2) is 0 Å². The summed E-state index contributed by atoms with van der Waals surface area (Å²) in [6.45, 7) is 2.08. The molecule has 0 saturated heterocycles. The van der Waals surface area contributed by atoms with Crippen LogP contribution in [0, 0.1) is 0 Å². The third-order valence-corrected chi connectivity index (χ3v) is 3.89. The summed E-state index contributed by atoms with van der Waals surface area (Å²) < 4.78 is 0. The van der Waals surface area contributed by atoms with Crippen LogP contribution >= 0.6 is 11.3 Å². The highest BCUT2D eigenvalue weighted by atomic mass is 32.1. The Bertz CT molecular complexity index is 261. The van der Waals surface area contributed by atoms with Gasteiger partial charge in [-0.1, -0.05) is 24.7 Å². The quantitative estimate of drug-likeness (QED) is 0.808. The van der Waals surface area contributed by atoms with E-state index in [0.29, 0.717) is 5.92 Å². The Kier molecular flexibility index (Phi) is 2.60. The predicted molar refractivity (Wildman–Crippen MR) is 53.7 cm³/mol. The van der Waals surface area contributed by atoms with Gasteiger partial charge in [0.1, 0.15) is 10.0 Å². The Labute approximate surface area is 82.4 Å². The smallest absolute Gasteiger partial charge is 0.134 e. The van der Waals surface area contributed by atoms with Crippen LogP contribution in [0.3, 0.4) is 0 Å². The topological polar surface area (TPSA) is 51.8 Å². The molecule has 4 heteroatoms. The molecule has 0 bridgehead atoms. The van der Waals surface area contributed by atoms with Crippen molar-refractivity contribution < 1.29 is 0 Å². The average Bonchev–Trinajstić information content (AvgIpc) is 2.49. The molecule has 1 fully saturated rings. The molecule has 0 amide bonds. The lowest BCUT2D eigenvalue weighted by Gasteiger charge is -2.21. The molecule has 72 valence electrons. The second-order valence-electron chi connectivity index (χ2n) is 3.62. The molecule has 1 aliphatic rings. The van der Waals surface area contributed by atoms with Gasteiger partial charge in [-0.25, -0.2) is 0 Å². The molecule has 1 unspecified atom stereocenters. The number of nitrogens with zero attached hydrogens (tertiary/aromatic N) is 2. The SMILES string of the molecule is CCC(N)c1nnc(C2CCC2)s1. The highest BCUT2D eigenvalue weighted by molar-refractivity contribution is 7.11. The lowest BCUT2D eigenvalue weighted by atomic mass is 9.86. The molecule has 0 radical (unpaired) electrons. The molecule has 0 aromatic carbocycles. The van der Waals surface area contributed by atoms with Gasteiger partial charge in [0.2, 0.25) is 0 Å². The van der Waals surface area contributed by atoms with Crippen LogP contribution in [0.2, 0.25) is 0 Å². The van der Waals surface area contributed by atoms with E-state index in [2.05, 4.69) is 17.1 Å². The van der Waals surface area contributed by atoms with Gasteiger partial charge >= 0.3 is 0 Å². The first-order valence-electron chi connectivity index (χ1n) is 4.90. The Balaban J connectivity index is 2.08. The van der Waals surface area contributed by atoms with Crippen LogP contribution in [0.5, 0.6) is 0 Å². The zero-order chi connectivity index (χ0) is 9.26. The number of aromatic nitrogens is 2. The summed E-state index contributed by atoms with van der Waals surface area (Å²) in [5.41, 5.74) is 5.88. The first-order chi connectivity index (χ1) is 6.31. The van der Waals surface area contributed by atoms with E-state index < -0.39 is 0 Å². The maximum Gasteiger partial charge on any atom is 0.134 e. The van der Waals surface area contributed by atoms with Gasteiger partial charge in [-0.05, 0) is 19.3 Å². The van der Waals surface area contributed by atoms with E-state index in [1.54, 1.807) is 11.3 Å². The van der Waals surface area contributed by atoms with Gasteiger partial charge in [0, 0.05) is 5.92 Å². The Hall–Kier alpha value is -0.480. The maximum atomic E-state index is 5.88. The van der Waals surface area contributed by atoms with Crippen LogP contribution in [-0.2, 0) is 0 Å². The standard InChI is InChI=1S/C9H15N3S/c1-2-7(10)9-12-11-8(13-9)6-4-3-5-6/h6-7H,2-5,10H2,1H3. The van der Waals surface area contributed by atoms with Gasteiger partial charge in [0.05, 0.1) is 6.04 Å². The number of hydrogen-bond acceptors (Lipinski definition) is 4. The van der Waals surface area contributed by atoms with Crippen molar-refractivity contribution in [3.63, 3.8) is 0 Å². The van der Waals surface area contributed by atoms with Crippen molar-refractivity contribution >= 4 is 11.3 Å². The van der Waals surface area contributed by atoms with Crippen LogP contribution in [0.4, 0.5) is 0 Å². The Morgan fingerprint density at radius 3 is 2.85 bits per heavy atom. The summed E-state index contributed by atoms with van der Waals surface area (Å²) >= 11 is 1.70. The fourth-order valence-electron chi connectivity index (χ4n) is 1.39. The number of nitrogens with two attached hydrogens (primary N) is 1. The van der Waals surface area contributed by atoms with Crippen LogP contribution in [0.1, 0.15) is 54.6 Å². The van der Waals surface area contributed by atoms with E-state index in [0.717, 1.165) is 11.4 Å². The monoisotopic (exact) mass is 197 g/mol. The molecule has 13 heavy (non-hydrogen) atoms. The molecule has 2 rings (SSSR count). The Morgan fingerprint density at radius 2 is 2.31 bits per heavy atom. The molecule has 2 N–H and O–H groups in total. The predicted octanol–water partition coefficient (Wildman–Crippen LogP) is 2.22. The van der Waals surface area contributed by atoms with Crippen LogP contribution < -0.4 is 5.73 Å². The minimum Gasteiger partial charge on any atom is -0.322 e. The number of rotatable bonds is 3. The van der Waals surface area contributed by atoms with Crippen LogP contribution in [0.25, 0.3) is 0 Å². The molecule has 1 aromatic heterocycles. The van der Waals surface area contributed by atoms with Gasteiger partial charge in [-0.2, -0.15) is 0 Å². The van der Waals surface area contributed by atoms with Crippen molar-refractivity contribution in [3.8, 4) is 0 Å². The van der Waals surface area contributed by atoms with Crippen molar-refractivity contribution in [1.29, 1.82) is 0 Å². The lowest BCUT2D eigenvalue weighted by molar-refractivity contribution is 0.416. The van der Waals surface area contributed by atoms with E-state index >= 15 is 0 Å². The highest BCUT2D eigenvalue weighted by Gasteiger charge is 2.24. The zero-order valence-corrected chi connectivity index (χ0v) is 8.68. The van der Waals surface area contributed by atoms with Gasteiger partial charge in [0.15, 0.2) is 0 Å². The van der Waals surface area contributed by atoms with Gasteiger partial charge in [-0.3, -0.25) is 0 Å². The molecule has 1 atom stereocenters. The average molecular weight is 197 g/mol. The molecule has 0 aliphatic heterocycles. The van der Waals surface area contributed by atoms with Crippen molar-refractivity contribution in [1.82, 2.24) is 10.2 Å². The third-order valence-electron chi connectivity index (χ3n) is 2.67. The normalized spacial score (nSPS) is 19.8. The summed E-state index contributed by atoms with van der Waals surface area (Å²) in [6, 6.07) is 0.0892. The summed E-state index contributed by atoms with van der Waals surface area (Å²) in [7, 11) is 0.